The van der Waals surface area contributed by atoms with Gasteiger partial charge in [-0.25, -0.2) is 0 Å². The van der Waals surface area contributed by atoms with E-state index in [9.17, 15) is 9.59 Å². The maximum Gasteiger partial charge on any atom is 0.248 e. The smallest absolute Gasteiger partial charge is 0.248 e. The summed E-state index contributed by atoms with van der Waals surface area (Å²) in [7, 11) is 0. The van der Waals surface area contributed by atoms with Crippen molar-refractivity contribution in [3.63, 3.8) is 0 Å². The number of carbonyl (C=O) groups excluding carboxylic acids is 2. The van der Waals surface area contributed by atoms with Crippen LogP contribution in [0.2, 0.25) is 0 Å². The van der Waals surface area contributed by atoms with E-state index < -0.39 is 6.04 Å². The number of aryl methyl sites for hydroxylation is 1. The van der Waals surface area contributed by atoms with Gasteiger partial charge < -0.3 is 5.32 Å². The van der Waals surface area contributed by atoms with Gasteiger partial charge in [0.1, 0.15) is 11.0 Å². The number of nitrogens with one attached hydrogen (secondary N) is 2. The van der Waals surface area contributed by atoms with Gasteiger partial charge in [-0.3, -0.25) is 14.9 Å². The SMILES string of the molecule is Cc1ccc(-c2nnc(NC(=O)C(C)NC(=O)Cc3cccs3)s2)cc1. The molecule has 3 aromatic rings. The van der Waals surface area contributed by atoms with E-state index in [-0.39, 0.29) is 18.2 Å². The highest BCUT2D eigenvalue weighted by Crippen LogP contribution is 2.26. The van der Waals surface area contributed by atoms with Crippen molar-refractivity contribution in [2.75, 3.05) is 5.32 Å². The lowest BCUT2D eigenvalue weighted by molar-refractivity contribution is -0.125. The fraction of sp³-hybridized carbons (Fsp3) is 0.222. The van der Waals surface area contributed by atoms with Gasteiger partial charge in [-0.1, -0.05) is 47.2 Å². The molecule has 2 N–H and O–H groups in total. The van der Waals surface area contributed by atoms with Gasteiger partial charge in [-0.15, -0.1) is 21.5 Å². The Labute approximate surface area is 159 Å². The summed E-state index contributed by atoms with van der Waals surface area (Å²) in [4.78, 5) is 25.2. The van der Waals surface area contributed by atoms with Crippen molar-refractivity contribution in [1.29, 1.82) is 0 Å². The van der Waals surface area contributed by atoms with Crippen molar-refractivity contribution in [3.05, 3.63) is 52.2 Å². The Hall–Kier alpha value is -2.58. The standard InChI is InChI=1S/C18H18N4O2S2/c1-11-5-7-13(8-6-11)17-21-22-18(26-17)20-16(24)12(2)19-15(23)10-14-4-3-9-25-14/h3-9,12H,10H2,1-2H3,(H,19,23)(H,20,22,24). The fourth-order valence-electron chi connectivity index (χ4n) is 2.23. The van der Waals surface area contributed by atoms with E-state index in [0.717, 1.165) is 15.4 Å². The van der Waals surface area contributed by atoms with Gasteiger partial charge in [0.2, 0.25) is 16.9 Å². The first kappa shape index (κ1) is 18.2. The molecule has 0 saturated carbocycles. The highest BCUT2D eigenvalue weighted by Gasteiger charge is 2.18. The minimum absolute atomic E-state index is 0.187. The summed E-state index contributed by atoms with van der Waals surface area (Å²) in [5.41, 5.74) is 2.12. The number of thiophene rings is 1. The van der Waals surface area contributed by atoms with E-state index in [1.165, 1.54) is 28.2 Å². The van der Waals surface area contributed by atoms with Crippen LogP contribution in [0.15, 0.2) is 41.8 Å². The monoisotopic (exact) mass is 386 g/mol. The molecule has 0 aliphatic carbocycles. The van der Waals surface area contributed by atoms with Crippen LogP contribution < -0.4 is 10.6 Å². The van der Waals surface area contributed by atoms with Crippen LogP contribution in [-0.4, -0.2) is 28.1 Å². The second-order valence-corrected chi connectivity index (χ2v) is 7.82. The molecule has 2 heterocycles. The fourth-order valence-corrected chi connectivity index (χ4v) is 3.69. The molecule has 0 saturated heterocycles. The van der Waals surface area contributed by atoms with Gasteiger partial charge in [0.05, 0.1) is 6.42 Å². The van der Waals surface area contributed by atoms with Gasteiger partial charge in [0.25, 0.3) is 0 Å². The molecule has 134 valence electrons. The van der Waals surface area contributed by atoms with Crippen molar-refractivity contribution in [2.24, 2.45) is 0 Å². The van der Waals surface area contributed by atoms with Crippen molar-refractivity contribution in [1.82, 2.24) is 15.5 Å². The van der Waals surface area contributed by atoms with E-state index in [4.69, 9.17) is 0 Å². The third-order valence-electron chi connectivity index (χ3n) is 3.64. The normalized spacial score (nSPS) is 11.8. The number of hydrogen-bond donors (Lipinski definition) is 2. The Kier molecular flexibility index (Phi) is 5.75. The second-order valence-electron chi connectivity index (χ2n) is 5.81. The molecular formula is C18H18N4O2S2. The summed E-state index contributed by atoms with van der Waals surface area (Å²) in [6.07, 6.45) is 0.270. The molecule has 2 amide bonds. The van der Waals surface area contributed by atoms with Crippen LogP contribution in [-0.2, 0) is 16.0 Å². The predicted octanol–water partition coefficient (Wildman–Crippen LogP) is 3.26. The van der Waals surface area contributed by atoms with Crippen molar-refractivity contribution in [3.8, 4) is 10.6 Å². The van der Waals surface area contributed by atoms with Gasteiger partial charge in [0.15, 0.2) is 0 Å². The molecule has 26 heavy (non-hydrogen) atoms. The molecule has 0 aliphatic heterocycles. The zero-order valence-corrected chi connectivity index (χ0v) is 16.0. The highest BCUT2D eigenvalue weighted by atomic mass is 32.1. The topological polar surface area (TPSA) is 84.0 Å². The van der Waals surface area contributed by atoms with Crippen LogP contribution in [0, 0.1) is 6.92 Å². The highest BCUT2D eigenvalue weighted by molar-refractivity contribution is 7.18. The number of benzene rings is 1. The van der Waals surface area contributed by atoms with Crippen molar-refractivity contribution in [2.45, 2.75) is 26.3 Å². The third kappa shape index (κ3) is 4.74. The number of amides is 2. The van der Waals surface area contributed by atoms with Gasteiger partial charge in [-0.2, -0.15) is 0 Å². The lowest BCUT2D eigenvalue weighted by Crippen LogP contribution is -2.42. The summed E-state index contributed by atoms with van der Waals surface area (Å²) in [6.45, 7) is 3.66. The maximum absolute atomic E-state index is 12.3. The summed E-state index contributed by atoms with van der Waals surface area (Å²) < 4.78 is 0. The summed E-state index contributed by atoms with van der Waals surface area (Å²) in [6, 6.07) is 11.1. The molecule has 1 unspecified atom stereocenters. The summed E-state index contributed by atoms with van der Waals surface area (Å²) in [5, 5.41) is 16.6. The number of nitrogens with zero attached hydrogens (tertiary/aromatic N) is 2. The Morgan fingerprint density at radius 3 is 2.62 bits per heavy atom. The van der Waals surface area contributed by atoms with Crippen LogP contribution >= 0.6 is 22.7 Å². The molecule has 0 spiro atoms. The lowest BCUT2D eigenvalue weighted by Gasteiger charge is -2.12. The van der Waals surface area contributed by atoms with Crippen LogP contribution in [0.25, 0.3) is 10.6 Å². The van der Waals surface area contributed by atoms with E-state index in [2.05, 4.69) is 20.8 Å². The zero-order valence-electron chi connectivity index (χ0n) is 14.4. The molecular weight excluding hydrogens is 368 g/mol. The van der Waals surface area contributed by atoms with Gasteiger partial charge >= 0.3 is 0 Å². The van der Waals surface area contributed by atoms with Crippen LogP contribution in [0.5, 0.6) is 0 Å². The molecule has 1 aromatic carbocycles. The lowest BCUT2D eigenvalue weighted by atomic mass is 10.2. The number of rotatable bonds is 6. The molecule has 8 heteroatoms. The molecule has 3 rings (SSSR count). The minimum atomic E-state index is -0.658. The summed E-state index contributed by atoms with van der Waals surface area (Å²) >= 11 is 2.81. The first-order valence-electron chi connectivity index (χ1n) is 8.04. The molecule has 6 nitrogen and oxygen atoms in total. The van der Waals surface area contributed by atoms with Crippen molar-refractivity contribution < 1.29 is 9.59 Å². The molecule has 1 atom stereocenters. The molecule has 0 bridgehead atoms. The quantitative estimate of drug-likeness (QED) is 0.681. The molecule has 0 radical (unpaired) electrons. The maximum atomic E-state index is 12.3. The Balaban J connectivity index is 1.55. The Morgan fingerprint density at radius 2 is 1.92 bits per heavy atom. The van der Waals surface area contributed by atoms with Gasteiger partial charge in [-0.05, 0) is 25.3 Å². The molecule has 0 fully saturated rings. The predicted molar refractivity (Wildman–Crippen MR) is 104 cm³/mol. The second kappa shape index (κ2) is 8.20. The van der Waals surface area contributed by atoms with E-state index in [1.807, 2.05) is 48.7 Å². The van der Waals surface area contributed by atoms with Gasteiger partial charge in [0, 0.05) is 10.4 Å². The average Bonchev–Trinajstić information content (AvgIpc) is 3.27. The largest absolute Gasteiger partial charge is 0.344 e. The first-order chi connectivity index (χ1) is 12.5. The van der Waals surface area contributed by atoms with Crippen LogP contribution in [0.1, 0.15) is 17.4 Å². The number of aromatic nitrogens is 2. The minimum Gasteiger partial charge on any atom is -0.344 e. The molecule has 2 aromatic heterocycles. The van der Waals surface area contributed by atoms with Crippen LogP contribution in [0.3, 0.4) is 0 Å². The Bertz CT molecular complexity index is 888. The number of carbonyl (C=O) groups is 2. The number of hydrogen-bond acceptors (Lipinski definition) is 6. The first-order valence-corrected chi connectivity index (χ1v) is 9.74. The van der Waals surface area contributed by atoms with E-state index in [1.54, 1.807) is 6.92 Å². The molecule has 0 aliphatic rings. The van der Waals surface area contributed by atoms with E-state index >= 15 is 0 Å². The third-order valence-corrected chi connectivity index (χ3v) is 5.40. The zero-order chi connectivity index (χ0) is 18.5. The average molecular weight is 387 g/mol. The number of anilines is 1. The van der Waals surface area contributed by atoms with E-state index in [0.29, 0.717) is 5.13 Å². The summed E-state index contributed by atoms with van der Waals surface area (Å²) in [5.74, 6) is -0.510. The van der Waals surface area contributed by atoms with Crippen LogP contribution in [0.4, 0.5) is 5.13 Å². The Morgan fingerprint density at radius 1 is 1.15 bits per heavy atom. The van der Waals surface area contributed by atoms with Crippen molar-refractivity contribution >= 4 is 39.6 Å².